The maximum Gasteiger partial charge on any atom is 0.325 e. The van der Waals surface area contributed by atoms with Crippen LogP contribution in [0.1, 0.15) is 5.56 Å². The molecule has 1 aromatic rings. The number of carbonyl (C=O) groups is 1. The maximum absolute atomic E-state index is 11.7. The summed E-state index contributed by atoms with van der Waals surface area (Å²) < 4.78 is 15.8. The number of methoxy groups -OCH3 is 1. The maximum atomic E-state index is 11.7. The molecule has 110 valence electrons. The van der Waals surface area contributed by atoms with Crippen molar-refractivity contribution in [3.05, 3.63) is 29.8 Å². The molecule has 0 N–H and O–H groups in total. The van der Waals surface area contributed by atoms with Crippen molar-refractivity contribution in [2.45, 2.75) is 13.0 Å². The van der Waals surface area contributed by atoms with E-state index in [0.29, 0.717) is 26.4 Å². The van der Waals surface area contributed by atoms with Crippen LogP contribution in [0.5, 0.6) is 5.75 Å². The van der Waals surface area contributed by atoms with Gasteiger partial charge in [0.25, 0.3) is 0 Å². The van der Waals surface area contributed by atoms with E-state index in [2.05, 4.69) is 0 Å². The molecule has 0 aromatic heterocycles. The minimum Gasteiger partial charge on any atom is -0.492 e. The molecule has 1 atom stereocenters. The first-order chi connectivity index (χ1) is 9.70. The van der Waals surface area contributed by atoms with E-state index in [0.717, 1.165) is 12.3 Å². The van der Waals surface area contributed by atoms with Gasteiger partial charge in [-0.3, -0.25) is 9.69 Å². The second-order valence-corrected chi connectivity index (χ2v) is 4.81. The zero-order chi connectivity index (χ0) is 14.4. The van der Waals surface area contributed by atoms with Gasteiger partial charge in [-0.05, 0) is 24.6 Å². The van der Waals surface area contributed by atoms with Gasteiger partial charge in [-0.1, -0.05) is 12.1 Å². The van der Waals surface area contributed by atoms with E-state index < -0.39 is 0 Å². The third kappa shape index (κ3) is 3.95. The second kappa shape index (κ2) is 7.26. The van der Waals surface area contributed by atoms with Gasteiger partial charge in [-0.25, -0.2) is 0 Å². The normalized spacial score (nSPS) is 19.6. The highest BCUT2D eigenvalue weighted by atomic mass is 16.5. The molecule has 1 unspecified atom stereocenters. The van der Waals surface area contributed by atoms with E-state index in [9.17, 15) is 4.79 Å². The van der Waals surface area contributed by atoms with Crippen LogP contribution in [-0.4, -0.2) is 56.9 Å². The number of aryl methyl sites for hydroxylation is 1. The summed E-state index contributed by atoms with van der Waals surface area (Å²) in [6.45, 7) is 4.99. The fourth-order valence-corrected chi connectivity index (χ4v) is 2.24. The Morgan fingerprint density at radius 3 is 3.10 bits per heavy atom. The highest BCUT2D eigenvalue weighted by Gasteiger charge is 2.29. The summed E-state index contributed by atoms with van der Waals surface area (Å²) >= 11 is 0. The third-order valence-electron chi connectivity index (χ3n) is 3.35. The molecule has 0 bridgehead atoms. The smallest absolute Gasteiger partial charge is 0.325 e. The van der Waals surface area contributed by atoms with Crippen LogP contribution in [0.15, 0.2) is 24.3 Å². The molecule has 2 rings (SSSR count). The Labute approximate surface area is 119 Å². The van der Waals surface area contributed by atoms with Crippen LogP contribution in [0.4, 0.5) is 0 Å². The summed E-state index contributed by atoms with van der Waals surface area (Å²) in [5.74, 6) is 0.605. The first-order valence-electron chi connectivity index (χ1n) is 6.80. The van der Waals surface area contributed by atoms with Crippen molar-refractivity contribution in [3.8, 4) is 5.75 Å². The van der Waals surface area contributed by atoms with Gasteiger partial charge in [0.05, 0.1) is 20.3 Å². The van der Waals surface area contributed by atoms with E-state index in [1.165, 1.54) is 12.7 Å². The average Bonchev–Trinajstić information content (AvgIpc) is 2.47. The van der Waals surface area contributed by atoms with E-state index in [1.54, 1.807) is 0 Å². The Morgan fingerprint density at radius 2 is 2.35 bits per heavy atom. The molecule has 1 aliphatic rings. The van der Waals surface area contributed by atoms with Gasteiger partial charge in [0, 0.05) is 13.1 Å². The van der Waals surface area contributed by atoms with Crippen molar-refractivity contribution in [2.24, 2.45) is 0 Å². The Hall–Kier alpha value is -1.59. The molecule has 1 heterocycles. The predicted octanol–water partition coefficient (Wildman–Crippen LogP) is 1.25. The molecule has 0 spiro atoms. The van der Waals surface area contributed by atoms with Gasteiger partial charge < -0.3 is 14.2 Å². The van der Waals surface area contributed by atoms with Crippen LogP contribution in [-0.2, 0) is 14.3 Å². The van der Waals surface area contributed by atoms with Crippen molar-refractivity contribution >= 4 is 5.97 Å². The third-order valence-corrected chi connectivity index (χ3v) is 3.35. The minimum atomic E-state index is -0.324. The van der Waals surface area contributed by atoms with Crippen molar-refractivity contribution in [1.82, 2.24) is 4.90 Å². The fraction of sp³-hybridized carbons (Fsp3) is 0.533. The summed E-state index contributed by atoms with van der Waals surface area (Å²) in [4.78, 5) is 13.7. The highest BCUT2D eigenvalue weighted by Crippen LogP contribution is 2.13. The highest BCUT2D eigenvalue weighted by molar-refractivity contribution is 5.75. The number of carbonyl (C=O) groups excluding carboxylic acids is 1. The molecule has 1 saturated heterocycles. The standard InChI is InChI=1S/C15H21NO4/c1-12-4-3-5-13(10-12)20-9-7-16-6-8-19-11-14(16)15(17)18-2/h3-5,10,14H,6-9,11H2,1-2H3. The number of ether oxygens (including phenoxy) is 3. The number of rotatable bonds is 5. The van der Waals surface area contributed by atoms with Crippen molar-refractivity contribution in [2.75, 3.05) is 40.0 Å². The van der Waals surface area contributed by atoms with Crippen LogP contribution < -0.4 is 4.74 Å². The van der Waals surface area contributed by atoms with Crippen molar-refractivity contribution in [1.29, 1.82) is 0 Å². The molecule has 0 saturated carbocycles. The molecule has 0 aliphatic carbocycles. The van der Waals surface area contributed by atoms with Gasteiger partial charge in [0.1, 0.15) is 18.4 Å². The summed E-state index contributed by atoms with van der Waals surface area (Å²) in [6.07, 6.45) is 0. The van der Waals surface area contributed by atoms with E-state index in [4.69, 9.17) is 14.2 Å². The first-order valence-corrected chi connectivity index (χ1v) is 6.80. The zero-order valence-electron chi connectivity index (χ0n) is 12.0. The lowest BCUT2D eigenvalue weighted by Gasteiger charge is -2.33. The molecule has 5 heteroatoms. The zero-order valence-corrected chi connectivity index (χ0v) is 12.0. The predicted molar refractivity (Wildman–Crippen MR) is 74.9 cm³/mol. The Balaban J connectivity index is 1.84. The van der Waals surface area contributed by atoms with E-state index in [-0.39, 0.29) is 12.0 Å². The average molecular weight is 279 g/mol. The fourth-order valence-electron chi connectivity index (χ4n) is 2.24. The molecule has 20 heavy (non-hydrogen) atoms. The van der Waals surface area contributed by atoms with Gasteiger partial charge in [-0.2, -0.15) is 0 Å². The van der Waals surface area contributed by atoms with Gasteiger partial charge in [0.2, 0.25) is 0 Å². The second-order valence-electron chi connectivity index (χ2n) is 4.81. The molecular formula is C15H21NO4. The van der Waals surface area contributed by atoms with Crippen LogP contribution in [0, 0.1) is 6.92 Å². The minimum absolute atomic E-state index is 0.250. The van der Waals surface area contributed by atoms with Crippen LogP contribution >= 0.6 is 0 Å². The van der Waals surface area contributed by atoms with E-state index in [1.807, 2.05) is 36.1 Å². The molecular weight excluding hydrogens is 258 g/mol. The summed E-state index contributed by atoms with van der Waals surface area (Å²) in [6, 6.07) is 7.61. The number of hydrogen-bond acceptors (Lipinski definition) is 5. The Bertz CT molecular complexity index is 449. The Morgan fingerprint density at radius 1 is 1.50 bits per heavy atom. The number of benzene rings is 1. The topological polar surface area (TPSA) is 48.0 Å². The molecule has 1 aromatic carbocycles. The van der Waals surface area contributed by atoms with Crippen molar-refractivity contribution in [3.63, 3.8) is 0 Å². The van der Waals surface area contributed by atoms with Crippen molar-refractivity contribution < 1.29 is 19.0 Å². The summed E-state index contributed by atoms with van der Waals surface area (Å²) in [7, 11) is 1.40. The molecule has 0 amide bonds. The first kappa shape index (κ1) is 14.8. The number of esters is 1. The SMILES string of the molecule is COC(=O)C1COCCN1CCOc1cccc(C)c1. The molecule has 1 fully saturated rings. The number of morpholine rings is 1. The van der Waals surface area contributed by atoms with Gasteiger partial charge >= 0.3 is 5.97 Å². The van der Waals surface area contributed by atoms with Gasteiger partial charge in [0.15, 0.2) is 0 Å². The molecule has 1 aliphatic heterocycles. The quantitative estimate of drug-likeness (QED) is 0.759. The van der Waals surface area contributed by atoms with Gasteiger partial charge in [-0.15, -0.1) is 0 Å². The lowest BCUT2D eigenvalue weighted by molar-refractivity contribution is -0.153. The van der Waals surface area contributed by atoms with Crippen LogP contribution in [0.2, 0.25) is 0 Å². The Kier molecular flexibility index (Phi) is 5.38. The monoisotopic (exact) mass is 279 g/mol. The molecule has 5 nitrogen and oxygen atoms in total. The van der Waals surface area contributed by atoms with Crippen LogP contribution in [0.25, 0.3) is 0 Å². The summed E-state index contributed by atoms with van der Waals surface area (Å²) in [5, 5.41) is 0. The lowest BCUT2D eigenvalue weighted by atomic mass is 10.2. The number of nitrogens with zero attached hydrogens (tertiary/aromatic N) is 1. The largest absolute Gasteiger partial charge is 0.492 e. The molecule has 0 radical (unpaired) electrons. The number of hydrogen-bond donors (Lipinski definition) is 0. The lowest BCUT2D eigenvalue weighted by Crippen LogP contribution is -2.51. The summed E-state index contributed by atoms with van der Waals surface area (Å²) in [5.41, 5.74) is 1.17. The van der Waals surface area contributed by atoms with Crippen LogP contribution in [0.3, 0.4) is 0 Å². The van der Waals surface area contributed by atoms with E-state index >= 15 is 0 Å².